The quantitative estimate of drug-likeness (QED) is 0.876. The summed E-state index contributed by atoms with van der Waals surface area (Å²) in [6.07, 6.45) is 3.12. The smallest absolute Gasteiger partial charge is 0.250 e. The number of para-hydroxylation sites is 1. The molecule has 0 aliphatic rings. The maximum atomic E-state index is 11.9. The molecule has 0 aliphatic carbocycles. The van der Waals surface area contributed by atoms with E-state index in [1.165, 1.54) is 6.08 Å². The number of nitrogens with zero attached hydrogens (tertiary/aromatic N) is 2. The minimum absolute atomic E-state index is 0.286. The Labute approximate surface area is 123 Å². The summed E-state index contributed by atoms with van der Waals surface area (Å²) in [5.41, 5.74) is 2.45. The number of ether oxygens (including phenoxy) is 1. The van der Waals surface area contributed by atoms with Crippen LogP contribution in [0.1, 0.15) is 17.0 Å². The average Bonchev–Trinajstić information content (AvgIpc) is 2.44. The normalized spacial score (nSPS) is 10.6. The molecule has 1 heterocycles. The standard InChI is InChI=1S/C16H17N3O2/c1-11-10-12(2)18-16(17-11)19-15(20)9-8-13-6-4-5-7-14(13)21-3/h4-10H,1-3H3,(H,17,18,19,20)/b9-8+. The average molecular weight is 283 g/mol. The SMILES string of the molecule is COc1ccccc1/C=C/C(=O)Nc1nc(C)cc(C)n1. The Balaban J connectivity index is 2.09. The van der Waals surface area contributed by atoms with Crippen LogP contribution in [0, 0.1) is 13.8 Å². The second kappa shape index (κ2) is 6.65. The number of carbonyl (C=O) groups is 1. The van der Waals surface area contributed by atoms with Gasteiger partial charge in [-0.1, -0.05) is 18.2 Å². The van der Waals surface area contributed by atoms with Crippen molar-refractivity contribution >= 4 is 17.9 Å². The Morgan fingerprint density at radius 2 is 1.86 bits per heavy atom. The molecule has 108 valence electrons. The van der Waals surface area contributed by atoms with Gasteiger partial charge in [0.25, 0.3) is 5.91 Å². The van der Waals surface area contributed by atoms with Crippen LogP contribution in [0.4, 0.5) is 5.95 Å². The lowest BCUT2D eigenvalue weighted by Crippen LogP contribution is -2.11. The fraction of sp³-hybridized carbons (Fsp3) is 0.188. The zero-order valence-electron chi connectivity index (χ0n) is 12.3. The van der Waals surface area contributed by atoms with Gasteiger partial charge in [0.2, 0.25) is 5.95 Å². The Morgan fingerprint density at radius 3 is 2.52 bits per heavy atom. The largest absolute Gasteiger partial charge is 0.496 e. The van der Waals surface area contributed by atoms with E-state index in [2.05, 4.69) is 15.3 Å². The molecule has 2 aromatic rings. The van der Waals surface area contributed by atoms with E-state index in [0.717, 1.165) is 17.0 Å². The van der Waals surface area contributed by atoms with Crippen LogP contribution in [0.5, 0.6) is 5.75 Å². The molecule has 0 bridgehead atoms. The van der Waals surface area contributed by atoms with E-state index in [0.29, 0.717) is 11.7 Å². The monoisotopic (exact) mass is 283 g/mol. The Morgan fingerprint density at radius 1 is 1.19 bits per heavy atom. The molecule has 1 amide bonds. The van der Waals surface area contributed by atoms with E-state index in [4.69, 9.17) is 4.74 Å². The summed E-state index contributed by atoms with van der Waals surface area (Å²) < 4.78 is 5.22. The van der Waals surface area contributed by atoms with Gasteiger partial charge in [-0.05, 0) is 32.1 Å². The molecule has 5 nitrogen and oxygen atoms in total. The predicted molar refractivity (Wildman–Crippen MR) is 82.2 cm³/mol. The summed E-state index contributed by atoms with van der Waals surface area (Å²) in [6.45, 7) is 3.71. The first kappa shape index (κ1) is 14.7. The molecule has 21 heavy (non-hydrogen) atoms. The fourth-order valence-corrected chi connectivity index (χ4v) is 1.90. The number of amides is 1. The zero-order chi connectivity index (χ0) is 15.2. The van der Waals surface area contributed by atoms with Crippen molar-refractivity contribution in [1.82, 2.24) is 9.97 Å². The van der Waals surface area contributed by atoms with E-state index < -0.39 is 0 Å². The maximum Gasteiger partial charge on any atom is 0.250 e. The van der Waals surface area contributed by atoms with Gasteiger partial charge in [0.15, 0.2) is 0 Å². The number of aryl methyl sites for hydroxylation is 2. The lowest BCUT2D eigenvalue weighted by molar-refractivity contribution is -0.111. The summed E-state index contributed by atoms with van der Waals surface area (Å²) in [5.74, 6) is 0.734. The first-order chi connectivity index (χ1) is 10.1. The van der Waals surface area contributed by atoms with Crippen molar-refractivity contribution in [2.45, 2.75) is 13.8 Å². The third-order valence-electron chi connectivity index (χ3n) is 2.77. The third kappa shape index (κ3) is 4.14. The molecule has 0 fully saturated rings. The number of anilines is 1. The third-order valence-corrected chi connectivity index (χ3v) is 2.77. The second-order valence-electron chi connectivity index (χ2n) is 4.54. The van der Waals surface area contributed by atoms with Crippen molar-refractivity contribution in [2.75, 3.05) is 12.4 Å². The van der Waals surface area contributed by atoms with Crippen molar-refractivity contribution in [3.05, 3.63) is 53.4 Å². The van der Waals surface area contributed by atoms with Gasteiger partial charge in [-0.15, -0.1) is 0 Å². The van der Waals surface area contributed by atoms with E-state index >= 15 is 0 Å². The van der Waals surface area contributed by atoms with Gasteiger partial charge in [-0.25, -0.2) is 9.97 Å². The fourth-order valence-electron chi connectivity index (χ4n) is 1.90. The molecular formula is C16H17N3O2. The van der Waals surface area contributed by atoms with Gasteiger partial charge >= 0.3 is 0 Å². The Kier molecular flexibility index (Phi) is 4.66. The van der Waals surface area contributed by atoms with E-state index in [-0.39, 0.29) is 5.91 Å². The van der Waals surface area contributed by atoms with Crippen LogP contribution in [0.15, 0.2) is 36.4 Å². The molecule has 0 spiro atoms. The van der Waals surface area contributed by atoms with Crippen molar-refractivity contribution in [3.63, 3.8) is 0 Å². The summed E-state index contributed by atoms with van der Waals surface area (Å²) in [4.78, 5) is 20.2. The second-order valence-corrected chi connectivity index (χ2v) is 4.54. The molecule has 5 heteroatoms. The van der Waals surface area contributed by atoms with Gasteiger partial charge < -0.3 is 4.74 Å². The van der Waals surface area contributed by atoms with Gasteiger partial charge in [-0.2, -0.15) is 0 Å². The summed E-state index contributed by atoms with van der Waals surface area (Å²) in [6, 6.07) is 9.31. The minimum Gasteiger partial charge on any atom is -0.496 e. The van der Waals surface area contributed by atoms with E-state index in [1.807, 2.05) is 44.2 Å². The van der Waals surface area contributed by atoms with Crippen molar-refractivity contribution in [1.29, 1.82) is 0 Å². The van der Waals surface area contributed by atoms with Crippen LogP contribution in [-0.2, 0) is 4.79 Å². The van der Waals surface area contributed by atoms with E-state index in [9.17, 15) is 4.79 Å². The molecule has 0 aliphatic heterocycles. The number of benzene rings is 1. The van der Waals surface area contributed by atoms with Crippen LogP contribution >= 0.6 is 0 Å². The topological polar surface area (TPSA) is 64.1 Å². The highest BCUT2D eigenvalue weighted by molar-refractivity contribution is 6.01. The number of aromatic nitrogens is 2. The number of carbonyl (C=O) groups excluding carboxylic acids is 1. The van der Waals surface area contributed by atoms with Crippen LogP contribution in [0.25, 0.3) is 6.08 Å². The van der Waals surface area contributed by atoms with E-state index in [1.54, 1.807) is 13.2 Å². The molecule has 0 atom stereocenters. The highest BCUT2D eigenvalue weighted by atomic mass is 16.5. The van der Waals surface area contributed by atoms with Crippen molar-refractivity contribution in [2.24, 2.45) is 0 Å². The van der Waals surface area contributed by atoms with Crippen molar-refractivity contribution < 1.29 is 9.53 Å². The number of nitrogens with one attached hydrogen (secondary N) is 1. The van der Waals surface area contributed by atoms with Crippen LogP contribution < -0.4 is 10.1 Å². The van der Waals surface area contributed by atoms with Gasteiger partial charge in [0, 0.05) is 23.0 Å². The van der Waals surface area contributed by atoms with Crippen LogP contribution in [-0.4, -0.2) is 23.0 Å². The first-order valence-electron chi connectivity index (χ1n) is 6.53. The number of rotatable bonds is 4. The molecule has 0 saturated carbocycles. The zero-order valence-corrected chi connectivity index (χ0v) is 12.3. The molecule has 1 N–H and O–H groups in total. The van der Waals surface area contributed by atoms with Crippen LogP contribution in [0.2, 0.25) is 0 Å². The van der Waals surface area contributed by atoms with Crippen LogP contribution in [0.3, 0.4) is 0 Å². The lowest BCUT2D eigenvalue weighted by atomic mass is 10.2. The molecule has 0 unspecified atom stereocenters. The summed E-state index contributed by atoms with van der Waals surface area (Å²) in [7, 11) is 1.59. The molecule has 0 saturated heterocycles. The lowest BCUT2D eigenvalue weighted by Gasteiger charge is -2.04. The number of hydrogen-bond donors (Lipinski definition) is 1. The summed E-state index contributed by atoms with van der Waals surface area (Å²) >= 11 is 0. The molecule has 1 aromatic carbocycles. The number of methoxy groups -OCH3 is 1. The van der Waals surface area contributed by atoms with Gasteiger partial charge in [0.1, 0.15) is 5.75 Å². The van der Waals surface area contributed by atoms with Gasteiger partial charge in [0.05, 0.1) is 7.11 Å². The maximum absolute atomic E-state index is 11.9. The molecule has 1 aromatic heterocycles. The Hall–Kier alpha value is -2.69. The predicted octanol–water partition coefficient (Wildman–Crippen LogP) is 2.75. The molecular weight excluding hydrogens is 266 g/mol. The number of hydrogen-bond acceptors (Lipinski definition) is 4. The van der Waals surface area contributed by atoms with Gasteiger partial charge in [-0.3, -0.25) is 10.1 Å². The minimum atomic E-state index is -0.286. The highest BCUT2D eigenvalue weighted by Crippen LogP contribution is 2.18. The summed E-state index contributed by atoms with van der Waals surface area (Å²) in [5, 5.41) is 2.64. The highest BCUT2D eigenvalue weighted by Gasteiger charge is 2.03. The van der Waals surface area contributed by atoms with Crippen molar-refractivity contribution in [3.8, 4) is 5.75 Å². The molecule has 0 radical (unpaired) electrons. The first-order valence-corrected chi connectivity index (χ1v) is 6.53. The molecule has 2 rings (SSSR count). The Bertz CT molecular complexity index is 661.